The number of primary amides is 1. The van der Waals surface area contributed by atoms with Gasteiger partial charge in [0.15, 0.2) is 6.04 Å². The molecule has 0 radical (unpaired) electrons. The third kappa shape index (κ3) is 4.67. The molecule has 4 N–H and O–H groups in total. The van der Waals surface area contributed by atoms with Gasteiger partial charge in [-0.2, -0.15) is 5.10 Å². The molecule has 0 saturated carbocycles. The molecule has 2 atom stereocenters. The van der Waals surface area contributed by atoms with Gasteiger partial charge in [0.05, 0.1) is 24.0 Å². The molecule has 2 aromatic heterocycles. The van der Waals surface area contributed by atoms with Crippen molar-refractivity contribution in [3.05, 3.63) is 72.6 Å². The second-order valence-electron chi connectivity index (χ2n) is 8.26. The molecule has 1 aliphatic rings. The first-order valence-electron chi connectivity index (χ1n) is 11.0. The Morgan fingerprint density at radius 1 is 1.29 bits per heavy atom. The van der Waals surface area contributed by atoms with Gasteiger partial charge in [0.2, 0.25) is 5.91 Å². The molecule has 1 saturated heterocycles. The van der Waals surface area contributed by atoms with Crippen LogP contribution in [0.4, 0.5) is 15.9 Å². The number of benzene rings is 2. The highest BCUT2D eigenvalue weighted by Crippen LogP contribution is 2.27. The fraction of sp³-hybridized carbons (Fsp3) is 0.250. The molecule has 174 valence electrons. The van der Waals surface area contributed by atoms with E-state index in [1.54, 1.807) is 18.5 Å². The molecule has 1 amide bonds. The maximum Gasteiger partial charge on any atom is 0.246 e. The minimum Gasteiger partial charge on any atom is -0.493 e. The topological polar surface area (TPSA) is 120 Å². The summed E-state index contributed by atoms with van der Waals surface area (Å²) in [4.78, 5) is 20.8. The fourth-order valence-electron chi connectivity index (χ4n) is 4.10. The lowest BCUT2D eigenvalue weighted by Gasteiger charge is -2.14. The van der Waals surface area contributed by atoms with Gasteiger partial charge in [-0.3, -0.25) is 9.48 Å². The van der Waals surface area contributed by atoms with Crippen molar-refractivity contribution >= 4 is 28.3 Å². The molecule has 1 fully saturated rings. The number of ether oxygens (including phenoxy) is 1. The van der Waals surface area contributed by atoms with Crippen LogP contribution >= 0.6 is 0 Å². The van der Waals surface area contributed by atoms with E-state index in [1.807, 2.05) is 18.2 Å². The minimum absolute atomic E-state index is 0.413. The van der Waals surface area contributed by atoms with Crippen LogP contribution < -0.4 is 21.1 Å². The predicted molar refractivity (Wildman–Crippen MR) is 125 cm³/mol. The van der Waals surface area contributed by atoms with Crippen molar-refractivity contribution < 1.29 is 13.9 Å². The quantitative estimate of drug-likeness (QED) is 0.369. The molecule has 34 heavy (non-hydrogen) atoms. The monoisotopic (exact) mass is 461 g/mol. The van der Waals surface area contributed by atoms with E-state index < -0.39 is 17.8 Å². The molecule has 2 unspecified atom stereocenters. The lowest BCUT2D eigenvalue weighted by atomic mass is 10.1. The molecule has 10 heteroatoms. The van der Waals surface area contributed by atoms with Crippen LogP contribution in [0.3, 0.4) is 0 Å². The van der Waals surface area contributed by atoms with E-state index in [9.17, 15) is 9.18 Å². The van der Waals surface area contributed by atoms with Gasteiger partial charge < -0.3 is 21.1 Å². The smallest absolute Gasteiger partial charge is 0.246 e. The molecule has 3 heterocycles. The lowest BCUT2D eigenvalue weighted by molar-refractivity contribution is -0.120. The number of fused-ring (bicyclic) bond motifs is 1. The van der Waals surface area contributed by atoms with Crippen LogP contribution in [0.5, 0.6) is 5.75 Å². The minimum atomic E-state index is -0.942. The third-order valence-corrected chi connectivity index (χ3v) is 5.82. The number of amides is 1. The summed E-state index contributed by atoms with van der Waals surface area (Å²) in [5, 5.41) is 11.6. The van der Waals surface area contributed by atoms with E-state index >= 15 is 0 Å². The van der Waals surface area contributed by atoms with Crippen molar-refractivity contribution in [1.29, 1.82) is 0 Å². The van der Waals surface area contributed by atoms with E-state index in [0.717, 1.165) is 36.2 Å². The van der Waals surface area contributed by atoms with E-state index in [2.05, 4.69) is 25.7 Å². The number of nitrogens with two attached hydrogens (primary N) is 1. The Morgan fingerprint density at radius 3 is 3.00 bits per heavy atom. The van der Waals surface area contributed by atoms with Crippen LogP contribution in [0.1, 0.15) is 18.0 Å². The highest BCUT2D eigenvalue weighted by molar-refractivity contribution is 5.91. The molecule has 0 bridgehead atoms. The summed E-state index contributed by atoms with van der Waals surface area (Å²) in [6.45, 7) is 2.68. The summed E-state index contributed by atoms with van der Waals surface area (Å²) in [5.41, 5.74) is 7.33. The van der Waals surface area contributed by atoms with Crippen LogP contribution in [-0.4, -0.2) is 45.4 Å². The molecule has 0 spiro atoms. The number of rotatable bonds is 8. The van der Waals surface area contributed by atoms with Gasteiger partial charge in [0.25, 0.3) is 0 Å². The highest BCUT2D eigenvalue weighted by Gasteiger charge is 2.22. The van der Waals surface area contributed by atoms with Crippen molar-refractivity contribution in [3.63, 3.8) is 0 Å². The Labute approximate surface area is 195 Å². The highest BCUT2D eigenvalue weighted by atomic mass is 19.1. The number of nitrogens with one attached hydrogen (secondary N) is 2. The Morgan fingerprint density at radius 2 is 2.21 bits per heavy atom. The summed E-state index contributed by atoms with van der Waals surface area (Å²) in [6, 6.07) is 10.5. The number of halogens is 1. The molecular formula is C24H24FN7O2. The Bertz CT molecular complexity index is 1320. The van der Waals surface area contributed by atoms with Crippen molar-refractivity contribution in [2.45, 2.75) is 12.5 Å². The fourth-order valence-corrected chi connectivity index (χ4v) is 4.10. The average molecular weight is 462 g/mol. The van der Waals surface area contributed by atoms with E-state index in [-0.39, 0.29) is 0 Å². The van der Waals surface area contributed by atoms with Crippen LogP contribution in [-0.2, 0) is 4.79 Å². The summed E-state index contributed by atoms with van der Waals surface area (Å²) in [6.07, 6.45) is 5.77. The zero-order chi connectivity index (χ0) is 23.5. The summed E-state index contributed by atoms with van der Waals surface area (Å²) in [7, 11) is 0. The van der Waals surface area contributed by atoms with Gasteiger partial charge in [0, 0.05) is 30.1 Å². The van der Waals surface area contributed by atoms with E-state index in [1.165, 1.54) is 29.2 Å². The first kappa shape index (κ1) is 21.8. The van der Waals surface area contributed by atoms with Crippen LogP contribution in [0.2, 0.25) is 0 Å². The molecule has 0 aliphatic carbocycles. The Balaban J connectivity index is 1.35. The number of hydrogen-bond acceptors (Lipinski definition) is 7. The lowest BCUT2D eigenvalue weighted by Crippen LogP contribution is -2.27. The third-order valence-electron chi connectivity index (χ3n) is 5.82. The normalized spacial score (nSPS) is 16.4. The first-order chi connectivity index (χ1) is 16.6. The standard InChI is InChI=1S/C24H24FN7O2/c25-17-3-1-2-16(8-17)22(23(26)33)32-12-18(11-30-32)31-24-20-5-4-19(9-21(20)28-14-29-24)34-13-15-6-7-27-10-15/h1-5,8-9,11-12,14-15,22,27H,6-7,10,13H2,(H2,26,33)(H,28,29,31). The molecule has 1 aliphatic heterocycles. The van der Waals surface area contributed by atoms with Crippen molar-refractivity contribution in [1.82, 2.24) is 25.1 Å². The largest absolute Gasteiger partial charge is 0.493 e. The van der Waals surface area contributed by atoms with Gasteiger partial charge >= 0.3 is 0 Å². The molecule has 2 aromatic carbocycles. The zero-order valence-electron chi connectivity index (χ0n) is 18.3. The first-order valence-corrected chi connectivity index (χ1v) is 11.0. The number of carbonyl (C=O) groups is 1. The van der Waals surface area contributed by atoms with Crippen LogP contribution in [0, 0.1) is 11.7 Å². The Hall–Kier alpha value is -4.05. The Kier molecular flexibility index (Phi) is 6.05. The molecule has 4 aromatic rings. The van der Waals surface area contributed by atoms with E-state index in [0.29, 0.717) is 29.6 Å². The van der Waals surface area contributed by atoms with Crippen molar-refractivity contribution in [2.75, 3.05) is 25.0 Å². The molecule has 9 nitrogen and oxygen atoms in total. The maximum absolute atomic E-state index is 13.7. The van der Waals surface area contributed by atoms with Crippen molar-refractivity contribution in [2.24, 2.45) is 11.7 Å². The second kappa shape index (κ2) is 9.44. The summed E-state index contributed by atoms with van der Waals surface area (Å²) in [5.74, 6) is 0.763. The van der Waals surface area contributed by atoms with Gasteiger partial charge in [-0.25, -0.2) is 14.4 Å². The number of nitrogens with zero attached hydrogens (tertiary/aromatic N) is 4. The maximum atomic E-state index is 13.7. The van der Waals surface area contributed by atoms with Gasteiger partial charge in [-0.1, -0.05) is 12.1 Å². The molecular weight excluding hydrogens is 437 g/mol. The zero-order valence-corrected chi connectivity index (χ0v) is 18.3. The number of aromatic nitrogens is 4. The van der Waals surface area contributed by atoms with Gasteiger partial charge in [-0.05, 0) is 42.8 Å². The average Bonchev–Trinajstić information content (AvgIpc) is 3.50. The second-order valence-corrected chi connectivity index (χ2v) is 8.26. The summed E-state index contributed by atoms with van der Waals surface area (Å²) >= 11 is 0. The van der Waals surface area contributed by atoms with Crippen LogP contribution in [0.25, 0.3) is 10.9 Å². The predicted octanol–water partition coefficient (Wildman–Crippen LogP) is 2.77. The van der Waals surface area contributed by atoms with Gasteiger partial charge in [-0.15, -0.1) is 0 Å². The number of hydrogen-bond donors (Lipinski definition) is 3. The number of anilines is 2. The SMILES string of the molecule is NC(=O)C(c1cccc(F)c1)n1cc(Nc2ncnc3cc(OCC4CCNC4)ccc23)cn1. The van der Waals surface area contributed by atoms with Crippen molar-refractivity contribution in [3.8, 4) is 5.75 Å². The van der Waals surface area contributed by atoms with Gasteiger partial charge in [0.1, 0.15) is 23.7 Å². The molecule has 5 rings (SSSR count). The summed E-state index contributed by atoms with van der Waals surface area (Å²) < 4.78 is 21.0. The van der Waals surface area contributed by atoms with Crippen LogP contribution in [0.15, 0.2) is 61.2 Å². The number of carbonyl (C=O) groups excluding carboxylic acids is 1. The van der Waals surface area contributed by atoms with E-state index in [4.69, 9.17) is 10.5 Å².